The number of hydrogen-bond acceptors (Lipinski definition) is 4. The van der Waals surface area contributed by atoms with Crippen molar-refractivity contribution in [2.24, 2.45) is 7.05 Å². The van der Waals surface area contributed by atoms with Crippen LogP contribution >= 0.6 is 0 Å². The van der Waals surface area contributed by atoms with Crippen LogP contribution in [0.25, 0.3) is 11.4 Å². The van der Waals surface area contributed by atoms with Gasteiger partial charge in [0.05, 0.1) is 6.10 Å². The zero-order valence-electron chi connectivity index (χ0n) is 12.9. The standard InChI is InChI=1S/C16H20N4O2/c1-11-18-15(20(2)19-11)12-5-7-13(8-6-12)16(21)17-10-14-4-3-9-22-14/h5-8,14H,3-4,9-10H2,1-2H3,(H,17,21)/t14-/m0/s1. The van der Waals surface area contributed by atoms with Crippen molar-refractivity contribution < 1.29 is 9.53 Å². The molecule has 1 aliphatic rings. The number of carbonyl (C=O) groups excluding carboxylic acids is 1. The van der Waals surface area contributed by atoms with Gasteiger partial charge in [0.25, 0.3) is 5.91 Å². The maximum atomic E-state index is 12.1. The molecule has 1 amide bonds. The van der Waals surface area contributed by atoms with Crippen molar-refractivity contribution in [2.75, 3.05) is 13.2 Å². The number of amides is 1. The molecule has 1 fully saturated rings. The van der Waals surface area contributed by atoms with E-state index >= 15 is 0 Å². The largest absolute Gasteiger partial charge is 0.376 e. The minimum Gasteiger partial charge on any atom is -0.376 e. The summed E-state index contributed by atoms with van der Waals surface area (Å²) in [6.07, 6.45) is 2.25. The number of hydrogen-bond donors (Lipinski definition) is 1. The van der Waals surface area contributed by atoms with Gasteiger partial charge in [0.2, 0.25) is 0 Å². The van der Waals surface area contributed by atoms with Crippen LogP contribution in [-0.2, 0) is 11.8 Å². The van der Waals surface area contributed by atoms with Crippen LogP contribution < -0.4 is 5.32 Å². The molecule has 1 aromatic carbocycles. The van der Waals surface area contributed by atoms with Gasteiger partial charge in [0.1, 0.15) is 5.82 Å². The number of aryl methyl sites for hydroxylation is 2. The highest BCUT2D eigenvalue weighted by Crippen LogP contribution is 2.17. The number of benzene rings is 1. The van der Waals surface area contributed by atoms with Crippen LogP contribution in [0.15, 0.2) is 24.3 Å². The molecule has 1 N–H and O–H groups in total. The third-order valence-electron chi connectivity index (χ3n) is 3.79. The van der Waals surface area contributed by atoms with Gasteiger partial charge in [-0.2, -0.15) is 5.10 Å². The molecular formula is C16H20N4O2. The number of ether oxygens (including phenoxy) is 1. The molecule has 2 heterocycles. The summed E-state index contributed by atoms with van der Waals surface area (Å²) < 4.78 is 7.24. The van der Waals surface area contributed by atoms with Crippen molar-refractivity contribution in [2.45, 2.75) is 25.9 Å². The molecule has 0 spiro atoms. The van der Waals surface area contributed by atoms with Crippen LogP contribution in [0.5, 0.6) is 0 Å². The van der Waals surface area contributed by atoms with Crippen LogP contribution in [0, 0.1) is 6.92 Å². The van der Waals surface area contributed by atoms with Gasteiger partial charge in [0, 0.05) is 31.3 Å². The van der Waals surface area contributed by atoms with Crippen molar-refractivity contribution >= 4 is 5.91 Å². The van der Waals surface area contributed by atoms with Crippen LogP contribution in [0.2, 0.25) is 0 Å². The lowest BCUT2D eigenvalue weighted by Crippen LogP contribution is -2.31. The normalized spacial score (nSPS) is 17.6. The van der Waals surface area contributed by atoms with Gasteiger partial charge < -0.3 is 10.1 Å². The first kappa shape index (κ1) is 14.7. The van der Waals surface area contributed by atoms with Crippen LogP contribution in [0.3, 0.4) is 0 Å². The molecule has 6 nitrogen and oxygen atoms in total. The van der Waals surface area contributed by atoms with Crippen LogP contribution in [0.1, 0.15) is 29.0 Å². The van der Waals surface area contributed by atoms with E-state index in [0.29, 0.717) is 12.1 Å². The Morgan fingerprint density at radius 2 is 2.18 bits per heavy atom. The topological polar surface area (TPSA) is 69.0 Å². The second kappa shape index (κ2) is 6.27. The van der Waals surface area contributed by atoms with Crippen LogP contribution in [0.4, 0.5) is 0 Å². The highest BCUT2D eigenvalue weighted by atomic mass is 16.5. The minimum atomic E-state index is -0.0730. The van der Waals surface area contributed by atoms with Crippen LogP contribution in [-0.4, -0.2) is 39.9 Å². The van der Waals surface area contributed by atoms with Gasteiger partial charge in [-0.1, -0.05) is 12.1 Å². The average molecular weight is 300 g/mol. The minimum absolute atomic E-state index is 0.0730. The average Bonchev–Trinajstić information content (AvgIpc) is 3.14. The Hall–Kier alpha value is -2.21. The summed E-state index contributed by atoms with van der Waals surface area (Å²) in [4.78, 5) is 16.5. The highest BCUT2D eigenvalue weighted by Gasteiger charge is 2.16. The Morgan fingerprint density at radius 3 is 2.77 bits per heavy atom. The lowest BCUT2D eigenvalue weighted by molar-refractivity contribution is 0.0858. The molecule has 6 heteroatoms. The molecule has 0 aliphatic carbocycles. The predicted molar refractivity (Wildman–Crippen MR) is 82.5 cm³/mol. The van der Waals surface area contributed by atoms with Crippen molar-refractivity contribution in [1.82, 2.24) is 20.1 Å². The lowest BCUT2D eigenvalue weighted by atomic mass is 10.1. The van der Waals surface area contributed by atoms with E-state index < -0.39 is 0 Å². The fraction of sp³-hybridized carbons (Fsp3) is 0.438. The van der Waals surface area contributed by atoms with Gasteiger partial charge in [-0.3, -0.25) is 4.79 Å². The third kappa shape index (κ3) is 3.17. The second-order valence-electron chi connectivity index (χ2n) is 5.53. The lowest BCUT2D eigenvalue weighted by Gasteiger charge is -2.11. The van der Waals surface area contributed by atoms with E-state index in [1.54, 1.807) is 4.68 Å². The molecule has 0 radical (unpaired) electrons. The van der Waals surface area contributed by atoms with Gasteiger partial charge in [-0.25, -0.2) is 9.67 Å². The Morgan fingerprint density at radius 1 is 1.41 bits per heavy atom. The number of carbonyl (C=O) groups is 1. The Labute approximate surface area is 129 Å². The number of nitrogens with one attached hydrogen (secondary N) is 1. The third-order valence-corrected chi connectivity index (χ3v) is 3.79. The molecule has 3 rings (SSSR count). The molecule has 1 aliphatic heterocycles. The van der Waals surface area contributed by atoms with Crippen molar-refractivity contribution in [3.05, 3.63) is 35.7 Å². The van der Waals surface area contributed by atoms with E-state index in [-0.39, 0.29) is 12.0 Å². The van der Waals surface area contributed by atoms with Gasteiger partial charge >= 0.3 is 0 Å². The second-order valence-corrected chi connectivity index (χ2v) is 5.53. The Balaban J connectivity index is 1.65. The molecule has 22 heavy (non-hydrogen) atoms. The molecular weight excluding hydrogens is 280 g/mol. The molecule has 0 unspecified atom stereocenters. The van der Waals surface area contributed by atoms with Crippen molar-refractivity contribution in [1.29, 1.82) is 0 Å². The molecule has 2 aromatic rings. The summed E-state index contributed by atoms with van der Waals surface area (Å²) in [6, 6.07) is 7.41. The summed E-state index contributed by atoms with van der Waals surface area (Å²) in [5.74, 6) is 1.45. The van der Waals surface area contributed by atoms with E-state index in [0.717, 1.165) is 36.7 Å². The van der Waals surface area contributed by atoms with E-state index in [1.807, 2.05) is 38.2 Å². The first-order valence-corrected chi connectivity index (χ1v) is 7.51. The van der Waals surface area contributed by atoms with Gasteiger partial charge in [-0.15, -0.1) is 0 Å². The van der Waals surface area contributed by atoms with E-state index in [1.165, 1.54) is 0 Å². The predicted octanol–water partition coefficient (Wildman–Crippen LogP) is 1.70. The maximum absolute atomic E-state index is 12.1. The van der Waals surface area contributed by atoms with Crippen molar-refractivity contribution in [3.8, 4) is 11.4 Å². The SMILES string of the molecule is Cc1nc(-c2ccc(C(=O)NC[C@@H]3CCCO3)cc2)n(C)n1. The zero-order valence-corrected chi connectivity index (χ0v) is 12.9. The monoisotopic (exact) mass is 300 g/mol. The molecule has 1 saturated heterocycles. The van der Waals surface area contributed by atoms with Crippen molar-refractivity contribution in [3.63, 3.8) is 0 Å². The quantitative estimate of drug-likeness (QED) is 0.933. The fourth-order valence-corrected chi connectivity index (χ4v) is 2.65. The van der Waals surface area contributed by atoms with E-state index in [9.17, 15) is 4.79 Å². The number of aromatic nitrogens is 3. The first-order valence-electron chi connectivity index (χ1n) is 7.51. The molecule has 1 atom stereocenters. The first-order chi connectivity index (χ1) is 10.6. The molecule has 0 bridgehead atoms. The van der Waals surface area contributed by atoms with E-state index in [2.05, 4.69) is 15.4 Å². The van der Waals surface area contributed by atoms with E-state index in [4.69, 9.17) is 4.74 Å². The van der Waals surface area contributed by atoms with Gasteiger partial charge in [0.15, 0.2) is 5.82 Å². The molecule has 116 valence electrons. The Kier molecular flexibility index (Phi) is 4.20. The summed E-state index contributed by atoms with van der Waals surface area (Å²) in [7, 11) is 1.86. The number of nitrogens with zero attached hydrogens (tertiary/aromatic N) is 3. The zero-order chi connectivity index (χ0) is 15.5. The summed E-state index contributed by atoms with van der Waals surface area (Å²) in [6.45, 7) is 3.23. The van der Waals surface area contributed by atoms with Gasteiger partial charge in [-0.05, 0) is 31.9 Å². The number of rotatable bonds is 4. The summed E-state index contributed by atoms with van der Waals surface area (Å²) >= 11 is 0. The molecule has 0 saturated carbocycles. The summed E-state index contributed by atoms with van der Waals surface area (Å²) in [5.41, 5.74) is 1.58. The smallest absolute Gasteiger partial charge is 0.251 e. The maximum Gasteiger partial charge on any atom is 0.251 e. The Bertz CT molecular complexity index is 657. The molecule has 1 aromatic heterocycles. The fourth-order valence-electron chi connectivity index (χ4n) is 2.65. The summed E-state index contributed by atoms with van der Waals surface area (Å²) in [5, 5.41) is 7.15. The highest BCUT2D eigenvalue weighted by molar-refractivity contribution is 5.94.